The minimum absolute atomic E-state index is 0.226. The zero-order chi connectivity index (χ0) is 13.8. The molecular formula is C15H24N2O2. The van der Waals surface area contributed by atoms with Crippen LogP contribution in [0.4, 0.5) is 0 Å². The second kappa shape index (κ2) is 6.24. The lowest BCUT2D eigenvalue weighted by atomic mass is 10.1. The number of carbonyl (C=O) groups excluding carboxylic acids is 1. The minimum Gasteiger partial charge on any atom is -0.466 e. The van der Waals surface area contributed by atoms with Crippen LogP contribution in [0.5, 0.6) is 0 Å². The Kier molecular flexibility index (Phi) is 4.64. The van der Waals surface area contributed by atoms with Gasteiger partial charge in [-0.15, -0.1) is 0 Å². The maximum absolute atomic E-state index is 11.9. The normalized spacial score (nSPS) is 16.9. The first-order valence-corrected chi connectivity index (χ1v) is 7.16. The van der Waals surface area contributed by atoms with Crippen molar-refractivity contribution in [2.45, 2.75) is 46.1 Å². The highest BCUT2D eigenvalue weighted by Crippen LogP contribution is 2.21. The molecule has 1 aromatic heterocycles. The van der Waals surface area contributed by atoms with Crippen molar-refractivity contribution in [3.05, 3.63) is 23.2 Å². The zero-order valence-electron chi connectivity index (χ0n) is 12.2. The van der Waals surface area contributed by atoms with E-state index in [9.17, 15) is 4.79 Å². The molecular weight excluding hydrogens is 240 g/mol. The molecule has 0 aliphatic carbocycles. The first kappa shape index (κ1) is 14.1. The Morgan fingerprint density at radius 3 is 2.68 bits per heavy atom. The molecule has 1 fully saturated rings. The number of hydrogen-bond acceptors (Lipinski definition) is 3. The Bertz CT molecular complexity index is 433. The molecule has 0 aromatic carbocycles. The summed E-state index contributed by atoms with van der Waals surface area (Å²) in [6, 6.07) is 2.29. The predicted octanol–water partition coefficient (Wildman–Crippen LogP) is 2.56. The van der Waals surface area contributed by atoms with Crippen LogP contribution in [0.1, 0.15) is 49.3 Å². The summed E-state index contributed by atoms with van der Waals surface area (Å²) in [6.45, 7) is 8.65. The van der Waals surface area contributed by atoms with E-state index in [0.717, 1.165) is 44.0 Å². The molecule has 0 spiro atoms. The van der Waals surface area contributed by atoms with E-state index in [4.69, 9.17) is 4.42 Å². The van der Waals surface area contributed by atoms with Crippen LogP contribution in [0.15, 0.2) is 10.5 Å². The Labute approximate surface area is 115 Å². The molecule has 0 saturated carbocycles. The SMILES string of the molecule is Cc1cc(C(C)NCCC(=O)N2CCCC2)c(C)o1. The molecule has 1 N–H and O–H groups in total. The monoisotopic (exact) mass is 264 g/mol. The van der Waals surface area contributed by atoms with Gasteiger partial charge in [-0.1, -0.05) is 0 Å². The van der Waals surface area contributed by atoms with E-state index in [1.807, 2.05) is 18.7 Å². The number of amides is 1. The third kappa shape index (κ3) is 3.60. The van der Waals surface area contributed by atoms with Crippen molar-refractivity contribution in [1.29, 1.82) is 0 Å². The van der Waals surface area contributed by atoms with Crippen molar-refractivity contribution in [1.82, 2.24) is 10.2 Å². The number of rotatable bonds is 5. The van der Waals surface area contributed by atoms with Crippen LogP contribution in [0, 0.1) is 13.8 Å². The summed E-state index contributed by atoms with van der Waals surface area (Å²) in [5.74, 6) is 2.18. The summed E-state index contributed by atoms with van der Waals surface area (Å²) >= 11 is 0. The number of likely N-dealkylation sites (tertiary alicyclic amines) is 1. The molecule has 0 bridgehead atoms. The molecule has 0 radical (unpaired) electrons. The summed E-state index contributed by atoms with van der Waals surface area (Å²) in [4.78, 5) is 13.9. The molecule has 1 aromatic rings. The van der Waals surface area contributed by atoms with Gasteiger partial charge in [0, 0.05) is 37.7 Å². The van der Waals surface area contributed by atoms with Gasteiger partial charge in [-0.25, -0.2) is 0 Å². The van der Waals surface area contributed by atoms with E-state index < -0.39 is 0 Å². The quantitative estimate of drug-likeness (QED) is 0.889. The smallest absolute Gasteiger partial charge is 0.223 e. The van der Waals surface area contributed by atoms with Gasteiger partial charge in [0.15, 0.2) is 0 Å². The predicted molar refractivity (Wildman–Crippen MR) is 75.0 cm³/mol. The summed E-state index contributed by atoms with van der Waals surface area (Å²) in [7, 11) is 0. The molecule has 1 saturated heterocycles. The van der Waals surface area contributed by atoms with E-state index in [-0.39, 0.29) is 11.9 Å². The van der Waals surface area contributed by atoms with E-state index in [0.29, 0.717) is 6.42 Å². The van der Waals surface area contributed by atoms with Gasteiger partial charge in [0.2, 0.25) is 5.91 Å². The molecule has 1 amide bonds. The van der Waals surface area contributed by atoms with Gasteiger partial charge in [-0.3, -0.25) is 4.79 Å². The van der Waals surface area contributed by atoms with Crippen molar-refractivity contribution in [2.75, 3.05) is 19.6 Å². The standard InChI is InChI=1S/C15H24N2O2/c1-11-10-14(13(3)19-11)12(2)16-7-6-15(18)17-8-4-5-9-17/h10,12,16H,4-9H2,1-3H3. The molecule has 1 atom stereocenters. The Morgan fingerprint density at radius 2 is 2.11 bits per heavy atom. The van der Waals surface area contributed by atoms with Crippen LogP contribution in [-0.4, -0.2) is 30.4 Å². The fourth-order valence-electron chi connectivity index (χ4n) is 2.71. The first-order valence-electron chi connectivity index (χ1n) is 7.16. The molecule has 19 heavy (non-hydrogen) atoms. The fraction of sp³-hybridized carbons (Fsp3) is 0.667. The maximum Gasteiger partial charge on any atom is 0.223 e. The largest absolute Gasteiger partial charge is 0.466 e. The molecule has 2 heterocycles. The third-order valence-corrected chi connectivity index (χ3v) is 3.79. The summed E-state index contributed by atoms with van der Waals surface area (Å²) in [5, 5.41) is 3.40. The Balaban J connectivity index is 1.76. The number of nitrogens with zero attached hydrogens (tertiary/aromatic N) is 1. The van der Waals surface area contributed by atoms with Crippen molar-refractivity contribution in [3.8, 4) is 0 Å². The molecule has 1 aliphatic heterocycles. The van der Waals surface area contributed by atoms with E-state index in [1.165, 1.54) is 5.56 Å². The van der Waals surface area contributed by atoms with Crippen molar-refractivity contribution < 1.29 is 9.21 Å². The van der Waals surface area contributed by atoms with Crippen molar-refractivity contribution in [2.24, 2.45) is 0 Å². The summed E-state index contributed by atoms with van der Waals surface area (Å²) in [5.41, 5.74) is 1.19. The topological polar surface area (TPSA) is 45.5 Å². The van der Waals surface area contributed by atoms with Gasteiger partial charge < -0.3 is 14.6 Å². The van der Waals surface area contributed by atoms with Gasteiger partial charge in [0.05, 0.1) is 0 Å². The number of nitrogens with one attached hydrogen (secondary N) is 1. The second-order valence-corrected chi connectivity index (χ2v) is 5.38. The molecule has 1 aliphatic rings. The van der Waals surface area contributed by atoms with Crippen molar-refractivity contribution in [3.63, 3.8) is 0 Å². The number of furan rings is 1. The van der Waals surface area contributed by atoms with E-state index in [1.54, 1.807) is 0 Å². The second-order valence-electron chi connectivity index (χ2n) is 5.38. The van der Waals surface area contributed by atoms with E-state index in [2.05, 4.69) is 18.3 Å². The highest BCUT2D eigenvalue weighted by Gasteiger charge is 2.18. The molecule has 4 heteroatoms. The lowest BCUT2D eigenvalue weighted by Gasteiger charge is -2.17. The minimum atomic E-state index is 0.226. The number of hydrogen-bond donors (Lipinski definition) is 1. The summed E-state index contributed by atoms with van der Waals surface area (Å²) in [6.07, 6.45) is 2.90. The van der Waals surface area contributed by atoms with E-state index >= 15 is 0 Å². The molecule has 2 rings (SSSR count). The fourth-order valence-corrected chi connectivity index (χ4v) is 2.71. The average Bonchev–Trinajstić information content (AvgIpc) is 2.98. The van der Waals surface area contributed by atoms with Crippen LogP contribution < -0.4 is 5.32 Å². The van der Waals surface area contributed by atoms with Crippen LogP contribution in [0.3, 0.4) is 0 Å². The maximum atomic E-state index is 11.9. The van der Waals surface area contributed by atoms with Gasteiger partial charge >= 0.3 is 0 Å². The van der Waals surface area contributed by atoms with Gasteiger partial charge in [0.1, 0.15) is 11.5 Å². The highest BCUT2D eigenvalue weighted by atomic mass is 16.3. The van der Waals surface area contributed by atoms with Gasteiger partial charge in [-0.2, -0.15) is 0 Å². The lowest BCUT2D eigenvalue weighted by Crippen LogP contribution is -2.31. The molecule has 1 unspecified atom stereocenters. The Morgan fingerprint density at radius 1 is 1.42 bits per heavy atom. The van der Waals surface area contributed by atoms with Crippen molar-refractivity contribution >= 4 is 5.91 Å². The van der Waals surface area contributed by atoms with Crippen LogP contribution in [-0.2, 0) is 4.79 Å². The highest BCUT2D eigenvalue weighted by molar-refractivity contribution is 5.76. The average molecular weight is 264 g/mol. The zero-order valence-corrected chi connectivity index (χ0v) is 12.2. The number of aryl methyl sites for hydroxylation is 2. The van der Waals surface area contributed by atoms with Crippen LogP contribution >= 0.6 is 0 Å². The molecule has 4 nitrogen and oxygen atoms in total. The Hall–Kier alpha value is -1.29. The first-order chi connectivity index (χ1) is 9.08. The third-order valence-electron chi connectivity index (χ3n) is 3.79. The van der Waals surface area contributed by atoms with Gasteiger partial charge in [0.25, 0.3) is 0 Å². The molecule has 106 valence electrons. The van der Waals surface area contributed by atoms with Crippen LogP contribution in [0.2, 0.25) is 0 Å². The van der Waals surface area contributed by atoms with Gasteiger partial charge in [-0.05, 0) is 39.7 Å². The van der Waals surface area contributed by atoms with Crippen LogP contribution in [0.25, 0.3) is 0 Å². The summed E-state index contributed by atoms with van der Waals surface area (Å²) < 4.78 is 5.53. The number of carbonyl (C=O) groups is 1. The lowest BCUT2D eigenvalue weighted by molar-refractivity contribution is -0.130.